The summed E-state index contributed by atoms with van der Waals surface area (Å²) in [6, 6.07) is 8.69. The number of carboxylic acid groups (broad SMARTS) is 1. The van der Waals surface area contributed by atoms with Crippen LogP contribution >= 0.6 is 28.1 Å². The smallest absolute Gasteiger partial charge is 0.339 e. The molecular formula is C11H8BrN3O2S. The molecule has 0 saturated carbocycles. The van der Waals surface area contributed by atoms with Crippen molar-refractivity contribution in [2.75, 3.05) is 5.32 Å². The van der Waals surface area contributed by atoms with Crippen molar-refractivity contribution in [2.45, 2.75) is 0 Å². The fourth-order valence-corrected chi connectivity index (χ4v) is 1.90. The van der Waals surface area contributed by atoms with Crippen molar-refractivity contribution in [2.24, 2.45) is 0 Å². The number of halogens is 1. The van der Waals surface area contributed by atoms with Crippen molar-refractivity contribution in [1.29, 1.82) is 0 Å². The summed E-state index contributed by atoms with van der Waals surface area (Å²) in [4.78, 5) is 11.1. The van der Waals surface area contributed by atoms with Crippen LogP contribution in [0.4, 0.5) is 11.5 Å². The Morgan fingerprint density at radius 2 is 2.17 bits per heavy atom. The zero-order chi connectivity index (χ0) is 13.1. The van der Waals surface area contributed by atoms with Crippen molar-refractivity contribution in [3.63, 3.8) is 0 Å². The van der Waals surface area contributed by atoms with Crippen molar-refractivity contribution < 1.29 is 9.90 Å². The summed E-state index contributed by atoms with van der Waals surface area (Å²) in [5.74, 6) is -0.875. The number of nitrogens with zero attached hydrogens (tertiary/aromatic N) is 1. The molecule has 3 N–H and O–H groups in total. The largest absolute Gasteiger partial charge is 0.478 e. The van der Waals surface area contributed by atoms with E-state index in [0.717, 1.165) is 10.2 Å². The number of H-pyrrole nitrogens is 1. The number of para-hydroxylation sites is 1. The first kappa shape index (κ1) is 12.7. The Morgan fingerprint density at radius 3 is 2.83 bits per heavy atom. The lowest BCUT2D eigenvalue weighted by Gasteiger charge is -2.09. The highest BCUT2D eigenvalue weighted by molar-refractivity contribution is 9.10. The molecule has 0 aliphatic heterocycles. The molecule has 0 atom stereocenters. The van der Waals surface area contributed by atoms with Gasteiger partial charge < -0.3 is 10.4 Å². The maximum Gasteiger partial charge on any atom is 0.339 e. The summed E-state index contributed by atoms with van der Waals surface area (Å²) in [5, 5.41) is 18.5. The van der Waals surface area contributed by atoms with Crippen molar-refractivity contribution in [3.8, 4) is 0 Å². The van der Waals surface area contributed by atoms with Gasteiger partial charge in [0.2, 0.25) is 0 Å². The minimum absolute atomic E-state index is 0.0227. The Hall–Kier alpha value is -1.73. The summed E-state index contributed by atoms with van der Waals surface area (Å²) in [5.41, 5.74) is 0.743. The number of aromatic amines is 1. The Morgan fingerprint density at radius 1 is 1.44 bits per heavy atom. The molecule has 0 bridgehead atoms. The van der Waals surface area contributed by atoms with Gasteiger partial charge in [0.1, 0.15) is 10.2 Å². The van der Waals surface area contributed by atoms with Crippen molar-refractivity contribution in [3.05, 3.63) is 45.0 Å². The summed E-state index contributed by atoms with van der Waals surface area (Å²) < 4.78 is 1.08. The van der Waals surface area contributed by atoms with Gasteiger partial charge in [0.05, 0.1) is 5.69 Å². The number of anilines is 2. The van der Waals surface area contributed by atoms with Crippen LogP contribution in [0.25, 0.3) is 0 Å². The molecule has 1 aromatic carbocycles. The highest BCUT2D eigenvalue weighted by atomic mass is 79.9. The Kier molecular flexibility index (Phi) is 3.73. The number of aromatic nitrogens is 2. The van der Waals surface area contributed by atoms with Crippen LogP contribution in [0.2, 0.25) is 0 Å². The van der Waals surface area contributed by atoms with Crippen LogP contribution < -0.4 is 5.32 Å². The first-order valence-electron chi connectivity index (χ1n) is 4.92. The van der Waals surface area contributed by atoms with E-state index in [1.165, 1.54) is 6.07 Å². The third kappa shape index (κ3) is 2.74. The van der Waals surface area contributed by atoms with Crippen LogP contribution in [0, 0.1) is 4.64 Å². The molecule has 0 radical (unpaired) electrons. The minimum Gasteiger partial charge on any atom is -0.478 e. The second kappa shape index (κ2) is 5.28. The van der Waals surface area contributed by atoms with Crippen LogP contribution in [0.3, 0.4) is 0 Å². The Balaban J connectivity index is 2.44. The third-order valence-corrected chi connectivity index (χ3v) is 3.07. The molecule has 2 rings (SSSR count). The molecule has 0 saturated heterocycles. The summed E-state index contributed by atoms with van der Waals surface area (Å²) in [6.45, 7) is 0. The molecule has 1 aromatic heterocycles. The van der Waals surface area contributed by atoms with Crippen LogP contribution in [0.5, 0.6) is 0 Å². The standard InChI is InChI=1S/C11H8BrN3O2S/c12-7-3-1-2-4-8(7)13-10-6(11(16)17)5-9(18)14-15-10/h1-5H,(H,13,15)(H,14,18)(H,16,17). The third-order valence-electron chi connectivity index (χ3n) is 2.17. The zero-order valence-electron chi connectivity index (χ0n) is 8.98. The maximum absolute atomic E-state index is 11.1. The topological polar surface area (TPSA) is 78.0 Å². The predicted octanol–water partition coefficient (Wildman–Crippen LogP) is 3.34. The highest BCUT2D eigenvalue weighted by Gasteiger charge is 2.12. The SMILES string of the molecule is O=C(O)c1cc(=S)[nH]nc1Nc1ccccc1Br. The summed E-state index contributed by atoms with van der Waals surface area (Å²) >= 11 is 8.21. The van der Waals surface area contributed by atoms with E-state index >= 15 is 0 Å². The molecule has 0 unspecified atom stereocenters. The quantitative estimate of drug-likeness (QED) is 0.754. The predicted molar refractivity (Wildman–Crippen MR) is 73.8 cm³/mol. The van der Waals surface area contributed by atoms with Gasteiger partial charge in [0.25, 0.3) is 0 Å². The van der Waals surface area contributed by atoms with Crippen LogP contribution in [0.1, 0.15) is 10.4 Å². The second-order valence-corrected chi connectivity index (χ2v) is 4.70. The number of rotatable bonds is 3. The molecule has 0 amide bonds. The number of benzene rings is 1. The summed E-state index contributed by atoms with van der Waals surface area (Å²) in [6.07, 6.45) is 0. The monoisotopic (exact) mass is 325 g/mol. The first-order chi connectivity index (χ1) is 8.58. The van der Waals surface area contributed by atoms with Crippen LogP contribution in [0.15, 0.2) is 34.8 Å². The number of aromatic carboxylic acids is 1. The molecule has 0 fully saturated rings. The van der Waals surface area contributed by atoms with E-state index in [4.69, 9.17) is 17.3 Å². The molecule has 0 spiro atoms. The van der Waals surface area contributed by atoms with Gasteiger partial charge in [-0.1, -0.05) is 24.4 Å². The average molecular weight is 326 g/mol. The van der Waals surface area contributed by atoms with Crippen molar-refractivity contribution >= 4 is 45.6 Å². The normalized spacial score (nSPS) is 10.1. The van der Waals surface area contributed by atoms with E-state index in [9.17, 15) is 4.79 Å². The minimum atomic E-state index is -1.09. The number of hydrogen-bond donors (Lipinski definition) is 3. The van der Waals surface area contributed by atoms with Crippen LogP contribution in [-0.4, -0.2) is 21.3 Å². The Labute approximate surface area is 116 Å². The van der Waals surface area contributed by atoms with Gasteiger partial charge in [-0.25, -0.2) is 4.79 Å². The van der Waals surface area contributed by atoms with E-state index in [1.807, 2.05) is 18.2 Å². The number of carboxylic acids is 1. The lowest BCUT2D eigenvalue weighted by Crippen LogP contribution is -2.06. The lowest BCUT2D eigenvalue weighted by molar-refractivity contribution is 0.0697. The highest BCUT2D eigenvalue weighted by Crippen LogP contribution is 2.25. The molecular weight excluding hydrogens is 318 g/mol. The number of nitrogens with one attached hydrogen (secondary N) is 2. The molecule has 18 heavy (non-hydrogen) atoms. The summed E-state index contributed by atoms with van der Waals surface area (Å²) in [7, 11) is 0. The van der Waals surface area contributed by atoms with Gasteiger partial charge >= 0.3 is 5.97 Å². The van der Waals surface area contributed by atoms with E-state index in [0.29, 0.717) is 0 Å². The van der Waals surface area contributed by atoms with E-state index in [1.54, 1.807) is 6.07 Å². The zero-order valence-corrected chi connectivity index (χ0v) is 11.4. The van der Waals surface area contributed by atoms with Crippen molar-refractivity contribution in [1.82, 2.24) is 10.2 Å². The van der Waals surface area contributed by atoms with Gasteiger partial charge in [-0.15, -0.1) is 0 Å². The lowest BCUT2D eigenvalue weighted by atomic mass is 10.2. The number of hydrogen-bond acceptors (Lipinski definition) is 4. The molecule has 0 aliphatic carbocycles. The molecule has 92 valence electrons. The van der Waals surface area contributed by atoms with Gasteiger partial charge in [0, 0.05) is 4.47 Å². The molecule has 1 heterocycles. The fourth-order valence-electron chi connectivity index (χ4n) is 1.35. The second-order valence-electron chi connectivity index (χ2n) is 3.40. The van der Waals surface area contributed by atoms with Gasteiger partial charge in [-0.3, -0.25) is 5.10 Å². The van der Waals surface area contributed by atoms with E-state index in [-0.39, 0.29) is 16.0 Å². The fraction of sp³-hybridized carbons (Fsp3) is 0. The molecule has 7 heteroatoms. The van der Waals surface area contributed by atoms with E-state index in [2.05, 4.69) is 31.4 Å². The molecule has 5 nitrogen and oxygen atoms in total. The molecule has 2 aromatic rings. The average Bonchev–Trinajstić information content (AvgIpc) is 2.34. The van der Waals surface area contributed by atoms with Gasteiger partial charge in [-0.05, 0) is 34.1 Å². The van der Waals surface area contributed by atoms with Gasteiger partial charge in [-0.2, -0.15) is 5.10 Å². The number of carbonyl (C=O) groups is 1. The van der Waals surface area contributed by atoms with E-state index < -0.39 is 5.97 Å². The first-order valence-corrected chi connectivity index (χ1v) is 6.12. The Bertz CT molecular complexity index is 657. The molecule has 0 aliphatic rings. The van der Waals surface area contributed by atoms with Crippen LogP contribution in [-0.2, 0) is 0 Å². The van der Waals surface area contributed by atoms with Gasteiger partial charge in [0.15, 0.2) is 5.82 Å². The maximum atomic E-state index is 11.1.